The monoisotopic (exact) mass is 383 g/mol. The molecule has 1 saturated heterocycles. The van der Waals surface area contributed by atoms with Gasteiger partial charge in [0.05, 0.1) is 6.04 Å². The summed E-state index contributed by atoms with van der Waals surface area (Å²) < 4.78 is 16.7. The number of amides is 1. The lowest BCUT2D eigenvalue weighted by Gasteiger charge is -2.29. The number of fused-ring (bicyclic) bond motifs is 1. The van der Waals surface area contributed by atoms with Crippen LogP contribution in [-0.4, -0.2) is 48.2 Å². The number of ether oxygens (including phenoxy) is 3. The van der Waals surface area contributed by atoms with Crippen LogP contribution in [0.4, 0.5) is 0 Å². The fourth-order valence-corrected chi connectivity index (χ4v) is 3.72. The van der Waals surface area contributed by atoms with Gasteiger partial charge in [-0.05, 0) is 37.1 Å². The smallest absolute Gasteiger partial charge is 0.341 e. The first kappa shape index (κ1) is 18.2. The van der Waals surface area contributed by atoms with E-state index in [1.165, 1.54) is 0 Å². The van der Waals surface area contributed by atoms with Gasteiger partial charge in [0, 0.05) is 17.7 Å². The standard InChI is InChI=1S/C21H21NO6/c23-19(24)13-28-15-5-1-4-14(12-15)21(25)22-9-3-7-17(22)16-6-2-8-18-20(16)27-11-10-26-18/h1-2,4-6,8,12,17H,3,7,9-11,13H2,(H,23,24)/t17-/m1/s1. The van der Waals surface area contributed by atoms with Gasteiger partial charge in [-0.1, -0.05) is 18.2 Å². The molecule has 2 aliphatic heterocycles. The number of likely N-dealkylation sites (tertiary alicyclic amines) is 1. The SMILES string of the molecule is O=C(O)COc1cccc(C(=O)N2CCC[C@@H]2c2cccc3c2OCCO3)c1. The molecular weight excluding hydrogens is 362 g/mol. The largest absolute Gasteiger partial charge is 0.486 e. The van der Waals surface area contributed by atoms with Gasteiger partial charge >= 0.3 is 5.97 Å². The number of carboxylic acid groups (broad SMARTS) is 1. The molecule has 0 aliphatic carbocycles. The lowest BCUT2D eigenvalue weighted by atomic mass is 10.0. The average molecular weight is 383 g/mol. The Morgan fingerprint density at radius 2 is 1.96 bits per heavy atom. The number of carbonyl (C=O) groups is 2. The van der Waals surface area contributed by atoms with Crippen LogP contribution in [0.2, 0.25) is 0 Å². The van der Waals surface area contributed by atoms with Gasteiger partial charge in [0.25, 0.3) is 5.91 Å². The summed E-state index contributed by atoms with van der Waals surface area (Å²) in [5.41, 5.74) is 1.43. The number of para-hydroxylation sites is 1. The molecule has 0 saturated carbocycles. The Morgan fingerprint density at radius 1 is 1.14 bits per heavy atom. The van der Waals surface area contributed by atoms with E-state index in [0.29, 0.717) is 36.8 Å². The minimum Gasteiger partial charge on any atom is -0.486 e. The van der Waals surface area contributed by atoms with Crippen molar-refractivity contribution in [3.63, 3.8) is 0 Å². The van der Waals surface area contributed by atoms with Gasteiger partial charge < -0.3 is 24.2 Å². The van der Waals surface area contributed by atoms with Crippen molar-refractivity contribution in [3.05, 3.63) is 53.6 Å². The van der Waals surface area contributed by atoms with Gasteiger partial charge in [-0.15, -0.1) is 0 Å². The van der Waals surface area contributed by atoms with Crippen LogP contribution >= 0.6 is 0 Å². The number of aliphatic carboxylic acids is 1. The molecule has 2 heterocycles. The predicted molar refractivity (Wildman–Crippen MR) is 100 cm³/mol. The first-order valence-electron chi connectivity index (χ1n) is 9.27. The fourth-order valence-electron chi connectivity index (χ4n) is 3.72. The molecule has 1 fully saturated rings. The Morgan fingerprint density at radius 3 is 2.82 bits per heavy atom. The molecule has 0 radical (unpaired) electrons. The highest BCUT2D eigenvalue weighted by Gasteiger charge is 2.34. The molecule has 4 rings (SSSR count). The van der Waals surface area contributed by atoms with Crippen LogP contribution in [0.3, 0.4) is 0 Å². The van der Waals surface area contributed by atoms with E-state index in [2.05, 4.69) is 0 Å². The van der Waals surface area contributed by atoms with E-state index in [9.17, 15) is 9.59 Å². The van der Waals surface area contributed by atoms with Crippen LogP contribution in [-0.2, 0) is 4.79 Å². The van der Waals surface area contributed by atoms with Crippen LogP contribution < -0.4 is 14.2 Å². The number of rotatable bonds is 5. The molecule has 146 valence electrons. The molecule has 7 heteroatoms. The maximum absolute atomic E-state index is 13.2. The summed E-state index contributed by atoms with van der Waals surface area (Å²) in [5, 5.41) is 8.76. The summed E-state index contributed by atoms with van der Waals surface area (Å²) in [4.78, 5) is 25.7. The van der Waals surface area contributed by atoms with Gasteiger partial charge in [-0.25, -0.2) is 4.79 Å². The molecule has 0 bridgehead atoms. The van der Waals surface area contributed by atoms with Crippen LogP contribution in [0.25, 0.3) is 0 Å². The van der Waals surface area contributed by atoms with E-state index in [0.717, 1.165) is 24.2 Å². The van der Waals surface area contributed by atoms with Crippen molar-refractivity contribution in [2.45, 2.75) is 18.9 Å². The molecular formula is C21H21NO6. The Balaban J connectivity index is 1.58. The number of carbonyl (C=O) groups excluding carboxylic acids is 1. The van der Waals surface area contributed by atoms with Crippen molar-refractivity contribution in [2.75, 3.05) is 26.4 Å². The second kappa shape index (κ2) is 7.80. The maximum atomic E-state index is 13.2. The second-order valence-electron chi connectivity index (χ2n) is 6.74. The number of carboxylic acids is 1. The van der Waals surface area contributed by atoms with E-state index >= 15 is 0 Å². The lowest BCUT2D eigenvalue weighted by molar-refractivity contribution is -0.139. The third-order valence-electron chi connectivity index (χ3n) is 4.91. The van der Waals surface area contributed by atoms with Gasteiger partial charge in [0.2, 0.25) is 0 Å². The zero-order valence-electron chi connectivity index (χ0n) is 15.3. The van der Waals surface area contributed by atoms with Crippen molar-refractivity contribution in [2.24, 2.45) is 0 Å². The van der Waals surface area contributed by atoms with E-state index < -0.39 is 12.6 Å². The summed E-state index contributed by atoms with van der Waals surface area (Å²) in [6, 6.07) is 12.3. The van der Waals surface area contributed by atoms with Crippen molar-refractivity contribution in [1.29, 1.82) is 0 Å². The molecule has 7 nitrogen and oxygen atoms in total. The third kappa shape index (κ3) is 3.60. The molecule has 1 atom stereocenters. The Hall–Kier alpha value is -3.22. The van der Waals surface area contributed by atoms with Crippen molar-refractivity contribution in [3.8, 4) is 17.2 Å². The lowest BCUT2D eigenvalue weighted by Crippen LogP contribution is -2.31. The highest BCUT2D eigenvalue weighted by molar-refractivity contribution is 5.95. The van der Waals surface area contributed by atoms with Crippen LogP contribution in [0.5, 0.6) is 17.2 Å². The normalized spacial score (nSPS) is 18.0. The number of nitrogens with zero attached hydrogens (tertiary/aromatic N) is 1. The van der Waals surface area contributed by atoms with Gasteiger partial charge in [-0.2, -0.15) is 0 Å². The molecule has 0 aromatic heterocycles. The first-order chi connectivity index (χ1) is 13.6. The Kier molecular flexibility index (Phi) is 5.06. The molecule has 1 amide bonds. The zero-order valence-corrected chi connectivity index (χ0v) is 15.3. The van der Waals surface area contributed by atoms with Crippen molar-refractivity contribution in [1.82, 2.24) is 4.90 Å². The van der Waals surface area contributed by atoms with Crippen molar-refractivity contribution < 1.29 is 28.9 Å². The number of benzene rings is 2. The van der Waals surface area contributed by atoms with Gasteiger partial charge in [0.1, 0.15) is 19.0 Å². The Bertz CT molecular complexity index is 896. The summed E-state index contributed by atoms with van der Waals surface area (Å²) in [5.74, 6) is 0.618. The minimum atomic E-state index is -1.06. The molecule has 28 heavy (non-hydrogen) atoms. The summed E-state index contributed by atoms with van der Waals surface area (Å²) >= 11 is 0. The molecule has 1 N–H and O–H groups in total. The van der Waals surface area contributed by atoms with E-state index in [1.807, 2.05) is 23.1 Å². The zero-order chi connectivity index (χ0) is 19.5. The van der Waals surface area contributed by atoms with E-state index in [-0.39, 0.29) is 11.9 Å². The highest BCUT2D eigenvalue weighted by Crippen LogP contribution is 2.43. The highest BCUT2D eigenvalue weighted by atomic mass is 16.6. The number of hydrogen-bond donors (Lipinski definition) is 1. The van der Waals surface area contributed by atoms with Crippen LogP contribution in [0.15, 0.2) is 42.5 Å². The topological polar surface area (TPSA) is 85.3 Å². The first-order valence-corrected chi connectivity index (χ1v) is 9.27. The molecule has 2 aliphatic rings. The maximum Gasteiger partial charge on any atom is 0.341 e. The second-order valence-corrected chi connectivity index (χ2v) is 6.74. The van der Waals surface area contributed by atoms with Gasteiger partial charge in [-0.3, -0.25) is 4.79 Å². The van der Waals surface area contributed by atoms with Gasteiger partial charge in [0.15, 0.2) is 18.1 Å². The molecule has 2 aromatic rings. The predicted octanol–water partition coefficient (Wildman–Crippen LogP) is 2.90. The third-order valence-corrected chi connectivity index (χ3v) is 4.91. The van der Waals surface area contributed by atoms with E-state index in [1.54, 1.807) is 24.3 Å². The van der Waals surface area contributed by atoms with Crippen LogP contribution in [0.1, 0.15) is 34.8 Å². The minimum absolute atomic E-state index is 0.0901. The fraction of sp³-hybridized carbons (Fsp3) is 0.333. The average Bonchev–Trinajstić information content (AvgIpc) is 3.21. The molecule has 0 spiro atoms. The summed E-state index contributed by atoms with van der Waals surface area (Å²) in [7, 11) is 0. The van der Waals surface area contributed by atoms with E-state index in [4.69, 9.17) is 19.3 Å². The quantitative estimate of drug-likeness (QED) is 0.855. The molecule has 2 aromatic carbocycles. The number of hydrogen-bond acceptors (Lipinski definition) is 5. The summed E-state index contributed by atoms with van der Waals surface area (Å²) in [6.07, 6.45) is 1.75. The van der Waals surface area contributed by atoms with Crippen molar-refractivity contribution >= 4 is 11.9 Å². The summed E-state index contributed by atoms with van der Waals surface area (Å²) in [6.45, 7) is 1.21. The van der Waals surface area contributed by atoms with Crippen LogP contribution in [0, 0.1) is 0 Å². The molecule has 0 unspecified atom stereocenters. The Labute approximate surface area is 162 Å².